The number of aromatic nitrogens is 2. The molecule has 0 saturated carbocycles. The number of aromatic hydroxyl groups is 1. The molecule has 214 valence electrons. The second-order valence-corrected chi connectivity index (χ2v) is 11.1. The van der Waals surface area contributed by atoms with Crippen LogP contribution >= 0.6 is 11.3 Å². The molecule has 3 heterocycles. The number of oxime groups is 1. The summed E-state index contributed by atoms with van der Waals surface area (Å²) in [5.41, 5.74) is 3.08. The largest absolute Gasteiger partial charge is 0.503 e. The molecule has 0 spiro atoms. The van der Waals surface area contributed by atoms with Gasteiger partial charge in [0.2, 0.25) is 5.43 Å². The predicted molar refractivity (Wildman–Crippen MR) is 134 cm³/mol. The molecule has 1 saturated heterocycles. The molecule has 0 aliphatic carbocycles. The van der Waals surface area contributed by atoms with Crippen LogP contribution in [0.3, 0.4) is 0 Å². The lowest BCUT2D eigenvalue weighted by Gasteiger charge is -2.50. The third-order valence-electron chi connectivity index (χ3n) is 5.68. The lowest BCUT2D eigenvalue weighted by molar-refractivity contribution is -0.228. The summed E-state index contributed by atoms with van der Waals surface area (Å²) in [7, 11) is -4.98. The SMILES string of the molecule is CC(C)OCC(O/N=C(\C(=O)C[C@@H]1C(=O)N(OS(=O)(=O)O)C1(C)C)c1csc(N)n1)c1cc(=O)c(O)cn1O. The van der Waals surface area contributed by atoms with Crippen molar-refractivity contribution < 1.29 is 46.7 Å². The van der Waals surface area contributed by atoms with E-state index >= 15 is 0 Å². The average Bonchev–Trinajstić information content (AvgIpc) is 3.25. The van der Waals surface area contributed by atoms with Gasteiger partial charge in [0.1, 0.15) is 11.4 Å². The van der Waals surface area contributed by atoms with E-state index in [1.54, 1.807) is 13.8 Å². The first-order valence-corrected chi connectivity index (χ1v) is 13.5. The van der Waals surface area contributed by atoms with Crippen molar-refractivity contribution in [3.63, 3.8) is 0 Å². The van der Waals surface area contributed by atoms with Crippen molar-refractivity contribution in [3.8, 4) is 5.75 Å². The third kappa shape index (κ3) is 6.90. The fraction of sp³-hybridized carbons (Fsp3) is 0.476. The fourth-order valence-corrected chi connectivity index (χ4v) is 4.62. The summed E-state index contributed by atoms with van der Waals surface area (Å²) < 4.78 is 41.4. The molecule has 0 radical (unpaired) electrons. The molecule has 3 rings (SSSR count). The third-order valence-corrected chi connectivity index (χ3v) is 6.70. The molecule has 5 N–H and O–H groups in total. The van der Waals surface area contributed by atoms with Crippen LogP contribution in [0.2, 0.25) is 0 Å². The van der Waals surface area contributed by atoms with Crippen molar-refractivity contribution in [1.82, 2.24) is 14.8 Å². The van der Waals surface area contributed by atoms with E-state index in [0.717, 1.165) is 23.6 Å². The molecule has 0 bridgehead atoms. The second kappa shape index (κ2) is 11.3. The number of nitrogens with two attached hydrogens (primary N) is 1. The van der Waals surface area contributed by atoms with Crippen LogP contribution in [0, 0.1) is 5.92 Å². The molecule has 1 aliphatic rings. The van der Waals surface area contributed by atoms with Gasteiger partial charge in [0.15, 0.2) is 28.5 Å². The number of nitrogen functional groups attached to an aromatic ring is 1. The zero-order valence-corrected chi connectivity index (χ0v) is 22.8. The number of hydroxylamine groups is 2. The van der Waals surface area contributed by atoms with Gasteiger partial charge in [-0.25, -0.2) is 4.98 Å². The number of thiazole rings is 1. The van der Waals surface area contributed by atoms with Crippen LogP contribution in [-0.2, 0) is 33.8 Å². The summed E-state index contributed by atoms with van der Waals surface area (Å²) in [6.07, 6.45) is -1.26. The molecule has 0 aromatic carbocycles. The molecule has 18 heteroatoms. The normalized spacial score (nSPS) is 18.2. The number of nitrogens with zero attached hydrogens (tertiary/aromatic N) is 4. The molecule has 2 aromatic heterocycles. The van der Waals surface area contributed by atoms with Gasteiger partial charge in [-0.05, 0) is 27.7 Å². The van der Waals surface area contributed by atoms with Crippen LogP contribution in [0.5, 0.6) is 5.75 Å². The Morgan fingerprint density at radius 3 is 2.54 bits per heavy atom. The fourth-order valence-electron chi connectivity index (χ4n) is 3.62. The standard InChI is InChI=1S/C21H27N5O11S2/c1-10(2)35-8-17(13-6-14(27)16(29)7-25(13)31)36-24-18(12-9-38-20(22)23-12)15(28)5-11-19(30)26(21(11,3)4)37-39(32,33)34/h6-7,9-11,17,29,31H,5,8H2,1-4H3,(H2,22,23)(H,32,33,34)/b24-18-/t11-,17?/m1/s1. The van der Waals surface area contributed by atoms with E-state index in [1.807, 2.05) is 0 Å². The highest BCUT2D eigenvalue weighted by atomic mass is 32.3. The minimum Gasteiger partial charge on any atom is -0.503 e. The van der Waals surface area contributed by atoms with Crippen molar-refractivity contribution >= 4 is 44.3 Å². The first kappa shape index (κ1) is 30.0. The molecule has 2 aromatic rings. The number of carbonyl (C=O) groups excluding carboxylic acids is 2. The Hall–Kier alpha value is -3.58. The van der Waals surface area contributed by atoms with Gasteiger partial charge in [0.25, 0.3) is 5.91 Å². The van der Waals surface area contributed by atoms with Crippen molar-refractivity contribution in [3.05, 3.63) is 39.3 Å². The Bertz CT molecular complexity index is 1450. The summed E-state index contributed by atoms with van der Waals surface area (Å²) in [4.78, 5) is 47.4. The number of hydrogen-bond donors (Lipinski definition) is 4. The van der Waals surface area contributed by atoms with Crippen LogP contribution < -0.4 is 11.2 Å². The molecule has 2 atom stereocenters. The Labute approximate surface area is 226 Å². The Balaban J connectivity index is 1.93. The number of carbonyl (C=O) groups is 2. The highest BCUT2D eigenvalue weighted by Gasteiger charge is 2.57. The molecule has 1 aliphatic heterocycles. The van der Waals surface area contributed by atoms with Crippen molar-refractivity contribution in [2.75, 3.05) is 12.3 Å². The maximum Gasteiger partial charge on any atom is 0.418 e. The average molecular weight is 590 g/mol. The predicted octanol–water partition coefficient (Wildman–Crippen LogP) is 0.648. The van der Waals surface area contributed by atoms with Crippen LogP contribution in [0.1, 0.15) is 51.6 Å². The van der Waals surface area contributed by atoms with Crippen LogP contribution in [-0.4, -0.2) is 73.7 Å². The van der Waals surface area contributed by atoms with Gasteiger partial charge in [-0.2, -0.15) is 18.2 Å². The number of pyridine rings is 1. The summed E-state index contributed by atoms with van der Waals surface area (Å²) >= 11 is 0.997. The highest BCUT2D eigenvalue weighted by molar-refractivity contribution is 7.80. The Kier molecular flexibility index (Phi) is 8.66. The lowest BCUT2D eigenvalue weighted by atomic mass is 9.74. The Morgan fingerprint density at radius 2 is 2.00 bits per heavy atom. The van der Waals surface area contributed by atoms with E-state index in [-0.39, 0.29) is 34.9 Å². The van der Waals surface area contributed by atoms with Crippen LogP contribution in [0.25, 0.3) is 0 Å². The molecule has 1 amide bonds. The molecule has 16 nitrogen and oxygen atoms in total. The number of Topliss-reactive ketones (excluding diaryl/α,β-unsaturated/α-hetero) is 1. The minimum atomic E-state index is -4.98. The topological polar surface area (TPSA) is 233 Å². The van der Waals surface area contributed by atoms with Crippen molar-refractivity contribution in [2.24, 2.45) is 11.1 Å². The number of ether oxygens (including phenoxy) is 1. The molecular weight excluding hydrogens is 562 g/mol. The summed E-state index contributed by atoms with van der Waals surface area (Å²) in [6, 6.07) is 0.904. The number of ketones is 1. The number of hydrogen-bond acceptors (Lipinski definition) is 14. The summed E-state index contributed by atoms with van der Waals surface area (Å²) in [6.45, 7) is 6.07. The summed E-state index contributed by atoms with van der Waals surface area (Å²) in [5.74, 6) is -3.40. The van der Waals surface area contributed by atoms with Gasteiger partial charge in [0.05, 0.1) is 30.4 Å². The number of β-lactam (4-membered cyclic amide) rings is 1. The van der Waals surface area contributed by atoms with E-state index < -0.39 is 57.2 Å². The quantitative estimate of drug-likeness (QED) is 0.0876. The van der Waals surface area contributed by atoms with Crippen LogP contribution in [0.4, 0.5) is 5.13 Å². The molecule has 1 fully saturated rings. The van der Waals surface area contributed by atoms with E-state index in [1.165, 1.54) is 19.2 Å². The van der Waals surface area contributed by atoms with E-state index in [2.05, 4.69) is 14.4 Å². The maximum absolute atomic E-state index is 13.3. The monoisotopic (exact) mass is 589 g/mol. The second-order valence-electron chi connectivity index (χ2n) is 9.25. The molecule has 1 unspecified atom stereocenters. The van der Waals surface area contributed by atoms with Gasteiger partial charge in [0, 0.05) is 17.9 Å². The van der Waals surface area contributed by atoms with E-state index in [9.17, 15) is 33.1 Å². The van der Waals surface area contributed by atoms with Crippen molar-refractivity contribution in [1.29, 1.82) is 0 Å². The summed E-state index contributed by atoms with van der Waals surface area (Å²) in [5, 5.41) is 25.7. The minimum absolute atomic E-state index is 0.00810. The Morgan fingerprint density at radius 1 is 1.33 bits per heavy atom. The van der Waals surface area contributed by atoms with Gasteiger partial charge in [-0.3, -0.25) is 18.9 Å². The van der Waals surface area contributed by atoms with Gasteiger partial charge in [-0.15, -0.1) is 15.6 Å². The van der Waals surface area contributed by atoms with Crippen LogP contribution in [0.15, 0.2) is 27.6 Å². The highest BCUT2D eigenvalue weighted by Crippen LogP contribution is 2.40. The van der Waals surface area contributed by atoms with Gasteiger partial charge >= 0.3 is 10.4 Å². The smallest absolute Gasteiger partial charge is 0.418 e. The van der Waals surface area contributed by atoms with Crippen molar-refractivity contribution in [2.45, 2.75) is 51.9 Å². The van der Waals surface area contributed by atoms with Gasteiger partial charge in [-0.1, -0.05) is 5.16 Å². The van der Waals surface area contributed by atoms with Gasteiger partial charge < -0.3 is 25.6 Å². The first-order valence-electron chi connectivity index (χ1n) is 11.3. The maximum atomic E-state index is 13.3. The number of anilines is 1. The molecule has 39 heavy (non-hydrogen) atoms. The van der Waals surface area contributed by atoms with E-state index in [0.29, 0.717) is 9.79 Å². The number of rotatable bonds is 12. The zero-order chi connectivity index (χ0) is 29.3. The van der Waals surface area contributed by atoms with E-state index in [4.69, 9.17) is 19.9 Å². The number of amides is 1. The zero-order valence-electron chi connectivity index (χ0n) is 21.2. The first-order chi connectivity index (χ1) is 18.0. The lowest BCUT2D eigenvalue weighted by Crippen LogP contribution is -2.68. The molecular formula is C21H27N5O11S2.